The standard InChI is InChI=1S/C23H28N4O3/c1-27(2)22-14-19(17-7-5-6-8-18(17)25-22)26-23(28)15-24-12-11-16-9-10-20(29-3)21(13-16)30-4/h5-10,13-14,24H,11-12,15H2,1-4H3,(H,25,26,28). The van der Waals surface area contributed by atoms with E-state index in [9.17, 15) is 4.79 Å². The lowest BCUT2D eigenvalue weighted by Crippen LogP contribution is -2.29. The van der Waals surface area contributed by atoms with Gasteiger partial charge in [-0.3, -0.25) is 4.79 Å². The maximum atomic E-state index is 12.5. The molecule has 1 heterocycles. The maximum Gasteiger partial charge on any atom is 0.238 e. The van der Waals surface area contributed by atoms with Crippen LogP contribution in [0.3, 0.4) is 0 Å². The molecule has 158 valence electrons. The molecule has 2 aromatic carbocycles. The number of amides is 1. The largest absolute Gasteiger partial charge is 0.493 e. The molecule has 0 aliphatic carbocycles. The molecule has 7 heteroatoms. The predicted molar refractivity (Wildman–Crippen MR) is 121 cm³/mol. The fourth-order valence-corrected chi connectivity index (χ4v) is 3.16. The number of ether oxygens (including phenoxy) is 2. The minimum absolute atomic E-state index is 0.0941. The zero-order valence-corrected chi connectivity index (χ0v) is 17.9. The lowest BCUT2D eigenvalue weighted by molar-refractivity contribution is -0.115. The van der Waals surface area contributed by atoms with Crippen LogP contribution in [0.25, 0.3) is 10.9 Å². The van der Waals surface area contributed by atoms with Gasteiger partial charge >= 0.3 is 0 Å². The number of fused-ring (bicyclic) bond motifs is 1. The van der Waals surface area contributed by atoms with Gasteiger partial charge in [-0.05, 0) is 36.7 Å². The summed E-state index contributed by atoms with van der Waals surface area (Å²) >= 11 is 0. The van der Waals surface area contributed by atoms with Crippen molar-refractivity contribution in [2.75, 3.05) is 51.6 Å². The number of hydrogen-bond acceptors (Lipinski definition) is 6. The molecule has 0 aliphatic rings. The van der Waals surface area contributed by atoms with Gasteiger partial charge in [0.2, 0.25) is 5.91 Å². The van der Waals surface area contributed by atoms with Crippen LogP contribution in [0.5, 0.6) is 11.5 Å². The lowest BCUT2D eigenvalue weighted by atomic mass is 10.1. The first-order chi connectivity index (χ1) is 14.5. The van der Waals surface area contributed by atoms with Gasteiger partial charge in [-0.2, -0.15) is 0 Å². The van der Waals surface area contributed by atoms with Crippen molar-refractivity contribution >= 4 is 28.3 Å². The van der Waals surface area contributed by atoms with Gasteiger partial charge < -0.3 is 25.0 Å². The summed E-state index contributed by atoms with van der Waals surface area (Å²) in [6.45, 7) is 0.893. The fourth-order valence-electron chi connectivity index (χ4n) is 3.16. The monoisotopic (exact) mass is 408 g/mol. The van der Waals surface area contributed by atoms with Gasteiger partial charge in [-0.15, -0.1) is 0 Å². The van der Waals surface area contributed by atoms with Crippen molar-refractivity contribution in [3.8, 4) is 11.5 Å². The third-order valence-corrected chi connectivity index (χ3v) is 4.76. The average molecular weight is 409 g/mol. The third-order valence-electron chi connectivity index (χ3n) is 4.76. The van der Waals surface area contributed by atoms with Gasteiger partial charge in [-0.1, -0.05) is 24.3 Å². The maximum absolute atomic E-state index is 12.5. The van der Waals surface area contributed by atoms with Crippen LogP contribution in [-0.4, -0.2) is 52.3 Å². The summed E-state index contributed by atoms with van der Waals surface area (Å²) in [6.07, 6.45) is 0.774. The van der Waals surface area contributed by atoms with Gasteiger partial charge in [0, 0.05) is 25.5 Å². The van der Waals surface area contributed by atoms with E-state index in [1.807, 2.05) is 67.5 Å². The zero-order chi connectivity index (χ0) is 21.5. The first-order valence-corrected chi connectivity index (χ1v) is 9.80. The number of carbonyl (C=O) groups excluding carboxylic acids is 1. The molecular weight excluding hydrogens is 380 g/mol. The molecule has 0 unspecified atom stereocenters. The highest BCUT2D eigenvalue weighted by atomic mass is 16.5. The molecule has 0 bridgehead atoms. The number of aromatic nitrogens is 1. The van der Waals surface area contributed by atoms with Gasteiger partial charge in [0.15, 0.2) is 11.5 Å². The Labute approximate surface area is 177 Å². The molecule has 1 aromatic heterocycles. The van der Waals surface area contributed by atoms with Gasteiger partial charge in [-0.25, -0.2) is 4.98 Å². The van der Waals surface area contributed by atoms with Crippen LogP contribution in [-0.2, 0) is 11.2 Å². The molecule has 0 saturated carbocycles. The second kappa shape index (κ2) is 9.93. The Kier molecular flexibility index (Phi) is 7.08. The van der Waals surface area contributed by atoms with E-state index in [0.29, 0.717) is 18.0 Å². The highest BCUT2D eigenvalue weighted by Gasteiger charge is 2.10. The van der Waals surface area contributed by atoms with Gasteiger partial charge in [0.1, 0.15) is 5.82 Å². The number of anilines is 2. The highest BCUT2D eigenvalue weighted by molar-refractivity contribution is 6.02. The molecule has 0 atom stereocenters. The Balaban J connectivity index is 1.58. The third kappa shape index (κ3) is 5.18. The lowest BCUT2D eigenvalue weighted by Gasteiger charge is -2.16. The molecule has 1 amide bonds. The number of nitrogens with zero attached hydrogens (tertiary/aromatic N) is 2. The molecule has 30 heavy (non-hydrogen) atoms. The summed E-state index contributed by atoms with van der Waals surface area (Å²) in [7, 11) is 7.09. The number of carbonyl (C=O) groups is 1. The minimum atomic E-state index is -0.0941. The van der Waals surface area contributed by atoms with Crippen LogP contribution in [0, 0.1) is 0 Å². The Morgan fingerprint density at radius 1 is 1.03 bits per heavy atom. The summed E-state index contributed by atoms with van der Waals surface area (Å²) < 4.78 is 10.6. The SMILES string of the molecule is COc1ccc(CCNCC(=O)Nc2cc(N(C)C)nc3ccccc23)cc1OC. The highest BCUT2D eigenvalue weighted by Crippen LogP contribution is 2.28. The predicted octanol–water partition coefficient (Wildman–Crippen LogP) is 3.09. The Hall–Kier alpha value is -3.32. The number of hydrogen-bond donors (Lipinski definition) is 2. The second-order valence-electron chi connectivity index (χ2n) is 7.10. The van der Waals surface area contributed by atoms with E-state index >= 15 is 0 Å². The quantitative estimate of drug-likeness (QED) is 0.530. The number of pyridine rings is 1. The molecule has 0 fully saturated rings. The molecule has 3 rings (SSSR count). The summed E-state index contributed by atoms with van der Waals surface area (Å²) in [5.74, 6) is 2.11. The van der Waals surface area contributed by atoms with Crippen molar-refractivity contribution in [2.45, 2.75) is 6.42 Å². The van der Waals surface area contributed by atoms with Crippen LogP contribution in [0.4, 0.5) is 11.5 Å². The van der Waals surface area contributed by atoms with Crippen molar-refractivity contribution in [1.82, 2.24) is 10.3 Å². The van der Waals surface area contributed by atoms with Crippen molar-refractivity contribution in [2.24, 2.45) is 0 Å². The summed E-state index contributed by atoms with van der Waals surface area (Å²) in [5, 5.41) is 7.12. The number of methoxy groups -OCH3 is 2. The van der Waals surface area contributed by atoms with Crippen LogP contribution in [0.1, 0.15) is 5.56 Å². The summed E-state index contributed by atoms with van der Waals surface area (Å²) in [6, 6.07) is 15.5. The first kappa shape index (κ1) is 21.4. The van der Waals surface area contributed by atoms with Crippen molar-refractivity contribution in [3.63, 3.8) is 0 Å². The molecule has 0 spiro atoms. The summed E-state index contributed by atoms with van der Waals surface area (Å²) in [5.41, 5.74) is 2.72. The number of para-hydroxylation sites is 1. The molecule has 3 aromatic rings. The van der Waals surface area contributed by atoms with Gasteiger partial charge in [0.25, 0.3) is 0 Å². The topological polar surface area (TPSA) is 75.7 Å². The van der Waals surface area contributed by atoms with E-state index in [-0.39, 0.29) is 12.5 Å². The van der Waals surface area contributed by atoms with Crippen LogP contribution in [0.2, 0.25) is 0 Å². The van der Waals surface area contributed by atoms with E-state index in [4.69, 9.17) is 9.47 Å². The molecule has 2 N–H and O–H groups in total. The van der Waals surface area contributed by atoms with E-state index in [0.717, 1.165) is 34.4 Å². The number of benzene rings is 2. The van der Waals surface area contributed by atoms with Crippen LogP contribution >= 0.6 is 0 Å². The van der Waals surface area contributed by atoms with E-state index in [1.165, 1.54) is 0 Å². The Morgan fingerprint density at radius 3 is 2.53 bits per heavy atom. The molecular formula is C23H28N4O3. The molecule has 0 aliphatic heterocycles. The van der Waals surface area contributed by atoms with E-state index < -0.39 is 0 Å². The summed E-state index contributed by atoms with van der Waals surface area (Å²) in [4.78, 5) is 19.0. The minimum Gasteiger partial charge on any atom is -0.493 e. The van der Waals surface area contributed by atoms with Crippen molar-refractivity contribution < 1.29 is 14.3 Å². The smallest absolute Gasteiger partial charge is 0.238 e. The Bertz CT molecular complexity index is 1020. The first-order valence-electron chi connectivity index (χ1n) is 9.80. The normalized spacial score (nSPS) is 10.7. The average Bonchev–Trinajstić information content (AvgIpc) is 2.76. The van der Waals surface area contributed by atoms with E-state index in [1.54, 1.807) is 14.2 Å². The molecule has 7 nitrogen and oxygen atoms in total. The van der Waals surface area contributed by atoms with Crippen LogP contribution < -0.4 is 25.0 Å². The van der Waals surface area contributed by atoms with Crippen molar-refractivity contribution in [1.29, 1.82) is 0 Å². The van der Waals surface area contributed by atoms with Gasteiger partial charge in [0.05, 0.1) is 32.0 Å². The van der Waals surface area contributed by atoms with Crippen molar-refractivity contribution in [3.05, 3.63) is 54.1 Å². The van der Waals surface area contributed by atoms with Crippen LogP contribution in [0.15, 0.2) is 48.5 Å². The zero-order valence-electron chi connectivity index (χ0n) is 17.9. The Morgan fingerprint density at radius 2 is 1.80 bits per heavy atom. The van der Waals surface area contributed by atoms with E-state index in [2.05, 4.69) is 15.6 Å². The molecule has 0 radical (unpaired) electrons. The molecule has 0 saturated heterocycles. The number of rotatable bonds is 9. The number of nitrogens with one attached hydrogen (secondary N) is 2. The second-order valence-corrected chi connectivity index (χ2v) is 7.10. The fraction of sp³-hybridized carbons (Fsp3) is 0.304.